The van der Waals surface area contributed by atoms with Crippen molar-refractivity contribution in [3.8, 4) is 5.75 Å². The normalized spacial score (nSPS) is 12.3. The second-order valence-corrected chi connectivity index (χ2v) is 11.5. The average Bonchev–Trinajstić information content (AvgIpc) is 2.34. The van der Waals surface area contributed by atoms with Crippen molar-refractivity contribution in [2.24, 2.45) is 0 Å². The first kappa shape index (κ1) is 16.0. The Balaban J connectivity index is 3.24. The molecule has 2 nitrogen and oxygen atoms in total. The smallest absolute Gasteiger partial charge is 0.258 e. The lowest BCUT2D eigenvalue weighted by Gasteiger charge is -2.42. The lowest BCUT2D eigenvalue weighted by atomic mass is 10.2. The summed E-state index contributed by atoms with van der Waals surface area (Å²) >= 11 is 0. The molecule has 1 rings (SSSR count). The highest BCUT2D eigenvalue weighted by Gasteiger charge is 2.47. The fourth-order valence-electron chi connectivity index (χ4n) is 3.21. The standard InChI is InChI=1S/C16H26O2Si/c1-12(2)19(13(3)4,14(5)6)18-16-10-8-7-9-15(16)11-17/h7-14H,1-6H3. The predicted molar refractivity (Wildman–Crippen MR) is 83.5 cm³/mol. The topological polar surface area (TPSA) is 26.3 Å². The van der Waals surface area contributed by atoms with Gasteiger partial charge >= 0.3 is 0 Å². The molecule has 0 bridgehead atoms. The van der Waals surface area contributed by atoms with E-state index in [2.05, 4.69) is 41.5 Å². The van der Waals surface area contributed by atoms with Crippen LogP contribution >= 0.6 is 0 Å². The summed E-state index contributed by atoms with van der Waals surface area (Å²) in [4.78, 5) is 11.2. The maximum atomic E-state index is 11.2. The van der Waals surface area contributed by atoms with Gasteiger partial charge in [-0.1, -0.05) is 53.7 Å². The Hall–Kier alpha value is -1.09. The minimum atomic E-state index is -1.97. The quantitative estimate of drug-likeness (QED) is 0.537. The van der Waals surface area contributed by atoms with E-state index in [4.69, 9.17) is 4.43 Å². The van der Waals surface area contributed by atoms with Crippen LogP contribution in [0.1, 0.15) is 51.9 Å². The van der Waals surface area contributed by atoms with Gasteiger partial charge < -0.3 is 4.43 Å². The summed E-state index contributed by atoms with van der Waals surface area (Å²) in [5.74, 6) is 0.750. The number of hydrogen-bond acceptors (Lipinski definition) is 2. The molecule has 0 aromatic heterocycles. The molecule has 0 amide bonds. The monoisotopic (exact) mass is 278 g/mol. The summed E-state index contributed by atoms with van der Waals surface area (Å²) in [6.45, 7) is 13.5. The number of hydrogen-bond donors (Lipinski definition) is 0. The van der Waals surface area contributed by atoms with Gasteiger partial charge in [0.15, 0.2) is 6.29 Å². The first-order valence-electron chi connectivity index (χ1n) is 7.09. The zero-order valence-electron chi connectivity index (χ0n) is 12.9. The number of carbonyl (C=O) groups excluding carboxylic acids is 1. The molecule has 1 aromatic carbocycles. The van der Waals surface area contributed by atoms with Crippen molar-refractivity contribution < 1.29 is 9.22 Å². The summed E-state index contributed by atoms with van der Waals surface area (Å²) in [5, 5.41) is 0. The van der Waals surface area contributed by atoms with Gasteiger partial charge in [-0.25, -0.2) is 0 Å². The van der Waals surface area contributed by atoms with Gasteiger partial charge in [0.2, 0.25) is 0 Å². The van der Waals surface area contributed by atoms with Crippen molar-refractivity contribution in [1.82, 2.24) is 0 Å². The van der Waals surface area contributed by atoms with Gasteiger partial charge in [0, 0.05) is 0 Å². The molecule has 0 spiro atoms. The Morgan fingerprint density at radius 1 is 0.947 bits per heavy atom. The molecule has 0 heterocycles. The van der Waals surface area contributed by atoms with Crippen molar-refractivity contribution in [1.29, 1.82) is 0 Å². The van der Waals surface area contributed by atoms with Crippen molar-refractivity contribution in [3.05, 3.63) is 29.8 Å². The van der Waals surface area contributed by atoms with Crippen LogP contribution in [0.5, 0.6) is 5.75 Å². The first-order chi connectivity index (χ1) is 8.86. The van der Waals surface area contributed by atoms with Crippen LogP contribution in [0, 0.1) is 0 Å². The molecule has 0 unspecified atom stereocenters. The molecule has 0 saturated heterocycles. The second kappa shape index (κ2) is 6.37. The zero-order chi connectivity index (χ0) is 14.6. The van der Waals surface area contributed by atoms with E-state index < -0.39 is 8.32 Å². The van der Waals surface area contributed by atoms with Gasteiger partial charge in [0.1, 0.15) is 5.75 Å². The Kier molecular flexibility index (Phi) is 5.35. The van der Waals surface area contributed by atoms with Crippen LogP contribution < -0.4 is 4.43 Å². The fraction of sp³-hybridized carbons (Fsp3) is 0.562. The van der Waals surface area contributed by atoms with E-state index in [-0.39, 0.29) is 0 Å². The SMILES string of the molecule is CC(C)[Si](Oc1ccccc1C=O)(C(C)C)C(C)C. The third kappa shape index (κ3) is 3.08. The van der Waals surface area contributed by atoms with E-state index in [1.165, 1.54) is 0 Å². The highest BCUT2D eigenvalue weighted by Crippen LogP contribution is 2.43. The highest BCUT2D eigenvalue weighted by atomic mass is 28.4. The number of aldehydes is 1. The van der Waals surface area contributed by atoms with E-state index in [0.29, 0.717) is 22.2 Å². The molecule has 0 aliphatic rings. The number of carbonyl (C=O) groups is 1. The summed E-state index contributed by atoms with van der Waals surface area (Å²) in [6.07, 6.45) is 0.884. The van der Waals surface area contributed by atoms with Gasteiger partial charge in [-0.3, -0.25) is 4.79 Å². The molecular weight excluding hydrogens is 252 g/mol. The average molecular weight is 278 g/mol. The molecule has 0 saturated carbocycles. The summed E-state index contributed by atoms with van der Waals surface area (Å²) in [5.41, 5.74) is 2.17. The third-order valence-electron chi connectivity index (χ3n) is 4.04. The maximum Gasteiger partial charge on any atom is 0.258 e. The molecule has 0 radical (unpaired) electrons. The Morgan fingerprint density at radius 3 is 1.84 bits per heavy atom. The molecule has 0 N–H and O–H groups in total. The Bertz CT molecular complexity index is 403. The molecular formula is C16H26O2Si. The number of rotatable bonds is 6. The lowest BCUT2D eigenvalue weighted by molar-refractivity contribution is 0.112. The van der Waals surface area contributed by atoms with Crippen molar-refractivity contribution in [2.75, 3.05) is 0 Å². The molecule has 0 atom stereocenters. The van der Waals surface area contributed by atoms with E-state index in [9.17, 15) is 4.79 Å². The third-order valence-corrected chi connectivity index (χ3v) is 10.0. The van der Waals surface area contributed by atoms with Gasteiger partial charge in [-0.2, -0.15) is 0 Å². The van der Waals surface area contributed by atoms with Crippen molar-refractivity contribution in [3.63, 3.8) is 0 Å². The number of para-hydroxylation sites is 1. The molecule has 0 fully saturated rings. The Labute approximate surface area is 118 Å². The van der Waals surface area contributed by atoms with Crippen LogP contribution in [0.4, 0.5) is 0 Å². The van der Waals surface area contributed by atoms with E-state index in [1.807, 2.05) is 24.3 Å². The predicted octanol–water partition coefficient (Wildman–Crippen LogP) is 5.05. The van der Waals surface area contributed by atoms with Crippen LogP contribution in [0.25, 0.3) is 0 Å². The van der Waals surface area contributed by atoms with Gasteiger partial charge in [0.05, 0.1) is 5.56 Å². The maximum absolute atomic E-state index is 11.2. The van der Waals surface area contributed by atoms with E-state index in [1.54, 1.807) is 0 Å². The summed E-state index contributed by atoms with van der Waals surface area (Å²) < 4.78 is 6.52. The van der Waals surface area contributed by atoms with Gasteiger partial charge in [0.25, 0.3) is 8.32 Å². The fourth-order valence-corrected chi connectivity index (χ4v) is 8.49. The first-order valence-corrected chi connectivity index (χ1v) is 9.23. The van der Waals surface area contributed by atoms with Crippen LogP contribution in [-0.2, 0) is 0 Å². The van der Waals surface area contributed by atoms with Crippen LogP contribution in [0.3, 0.4) is 0 Å². The van der Waals surface area contributed by atoms with Crippen molar-refractivity contribution in [2.45, 2.75) is 58.2 Å². The molecule has 1 aromatic rings. The number of benzene rings is 1. The van der Waals surface area contributed by atoms with Crippen LogP contribution in [0.15, 0.2) is 24.3 Å². The lowest BCUT2D eigenvalue weighted by Crippen LogP contribution is -2.50. The second-order valence-electron chi connectivity index (χ2n) is 6.08. The zero-order valence-corrected chi connectivity index (χ0v) is 13.9. The molecule has 0 aliphatic carbocycles. The van der Waals surface area contributed by atoms with E-state index in [0.717, 1.165) is 12.0 Å². The Morgan fingerprint density at radius 2 is 1.42 bits per heavy atom. The van der Waals surface area contributed by atoms with E-state index >= 15 is 0 Å². The van der Waals surface area contributed by atoms with Crippen molar-refractivity contribution >= 4 is 14.6 Å². The largest absolute Gasteiger partial charge is 0.542 e. The molecule has 19 heavy (non-hydrogen) atoms. The summed E-state index contributed by atoms with van der Waals surface area (Å²) in [7, 11) is -1.97. The minimum absolute atomic E-state index is 0.507. The minimum Gasteiger partial charge on any atom is -0.542 e. The molecule has 106 valence electrons. The molecule has 0 aliphatic heterocycles. The highest BCUT2D eigenvalue weighted by molar-refractivity contribution is 6.78. The van der Waals surface area contributed by atoms with Crippen LogP contribution in [0.2, 0.25) is 16.6 Å². The summed E-state index contributed by atoms with van der Waals surface area (Å²) in [6, 6.07) is 7.55. The van der Waals surface area contributed by atoms with Gasteiger partial charge in [-0.15, -0.1) is 0 Å². The van der Waals surface area contributed by atoms with Crippen LogP contribution in [-0.4, -0.2) is 14.6 Å². The molecule has 3 heteroatoms. The van der Waals surface area contributed by atoms with Gasteiger partial charge in [-0.05, 0) is 28.8 Å².